The SMILES string of the molecule is CN(CC1CCCC1)C1CCSC1. The van der Waals surface area contributed by atoms with Crippen LogP contribution >= 0.6 is 11.8 Å². The quantitative estimate of drug-likeness (QED) is 0.687. The minimum absolute atomic E-state index is 0.894. The van der Waals surface area contributed by atoms with Crippen molar-refractivity contribution in [2.45, 2.75) is 38.1 Å². The van der Waals surface area contributed by atoms with E-state index < -0.39 is 0 Å². The van der Waals surface area contributed by atoms with Crippen LogP contribution in [0.25, 0.3) is 0 Å². The van der Waals surface area contributed by atoms with Crippen molar-refractivity contribution in [2.24, 2.45) is 5.92 Å². The zero-order chi connectivity index (χ0) is 9.10. The highest BCUT2D eigenvalue weighted by atomic mass is 32.2. The molecule has 1 unspecified atom stereocenters. The van der Waals surface area contributed by atoms with Crippen LogP contribution in [-0.2, 0) is 0 Å². The van der Waals surface area contributed by atoms with Gasteiger partial charge in [0.2, 0.25) is 0 Å². The van der Waals surface area contributed by atoms with Gasteiger partial charge in [0.05, 0.1) is 0 Å². The lowest BCUT2D eigenvalue weighted by Gasteiger charge is -2.26. The predicted octanol–water partition coefficient (Wildman–Crippen LogP) is 2.61. The summed E-state index contributed by atoms with van der Waals surface area (Å²) in [6.07, 6.45) is 7.37. The van der Waals surface area contributed by atoms with E-state index in [-0.39, 0.29) is 0 Å². The summed E-state index contributed by atoms with van der Waals surface area (Å²) in [4.78, 5) is 2.62. The van der Waals surface area contributed by atoms with Crippen molar-refractivity contribution in [1.29, 1.82) is 0 Å². The van der Waals surface area contributed by atoms with Gasteiger partial charge < -0.3 is 4.90 Å². The molecule has 76 valence electrons. The van der Waals surface area contributed by atoms with E-state index in [1.807, 2.05) is 0 Å². The lowest BCUT2D eigenvalue weighted by Crippen LogP contribution is -2.34. The number of hydrogen-bond acceptors (Lipinski definition) is 2. The second-order valence-electron chi connectivity index (χ2n) is 4.61. The summed E-state index contributed by atoms with van der Waals surface area (Å²) in [6, 6.07) is 0.894. The summed E-state index contributed by atoms with van der Waals surface area (Å²) in [7, 11) is 2.33. The Morgan fingerprint density at radius 1 is 1.23 bits per heavy atom. The van der Waals surface area contributed by atoms with Crippen LogP contribution in [0.4, 0.5) is 0 Å². The van der Waals surface area contributed by atoms with Gasteiger partial charge in [-0.3, -0.25) is 0 Å². The molecule has 0 amide bonds. The van der Waals surface area contributed by atoms with Crippen molar-refractivity contribution in [3.8, 4) is 0 Å². The molecule has 0 radical (unpaired) electrons. The third-order valence-corrected chi connectivity index (χ3v) is 4.69. The minimum atomic E-state index is 0.894. The number of nitrogens with zero attached hydrogens (tertiary/aromatic N) is 1. The Labute approximate surface area is 86.3 Å². The van der Waals surface area contributed by atoms with Gasteiger partial charge in [0, 0.05) is 18.3 Å². The van der Waals surface area contributed by atoms with Gasteiger partial charge in [-0.25, -0.2) is 0 Å². The van der Waals surface area contributed by atoms with Crippen LogP contribution in [0.2, 0.25) is 0 Å². The summed E-state index contributed by atoms with van der Waals surface area (Å²) < 4.78 is 0. The first-order chi connectivity index (χ1) is 6.36. The van der Waals surface area contributed by atoms with E-state index in [4.69, 9.17) is 0 Å². The molecule has 1 atom stereocenters. The van der Waals surface area contributed by atoms with Crippen LogP contribution in [0.1, 0.15) is 32.1 Å². The average Bonchev–Trinajstić information content (AvgIpc) is 2.74. The first kappa shape index (κ1) is 9.85. The average molecular weight is 199 g/mol. The predicted molar refractivity (Wildman–Crippen MR) is 60.3 cm³/mol. The second kappa shape index (κ2) is 4.70. The summed E-state index contributed by atoms with van der Waals surface area (Å²) >= 11 is 2.13. The highest BCUT2D eigenvalue weighted by molar-refractivity contribution is 7.99. The van der Waals surface area contributed by atoms with Gasteiger partial charge in [0.15, 0.2) is 0 Å². The molecule has 2 rings (SSSR count). The summed E-state index contributed by atoms with van der Waals surface area (Å²) in [5, 5.41) is 0. The first-order valence-corrected chi connectivity index (χ1v) is 6.79. The van der Waals surface area contributed by atoms with Gasteiger partial charge in [-0.1, -0.05) is 12.8 Å². The van der Waals surface area contributed by atoms with Gasteiger partial charge in [-0.05, 0) is 38.0 Å². The Kier molecular flexibility index (Phi) is 3.56. The third kappa shape index (κ3) is 2.63. The molecule has 13 heavy (non-hydrogen) atoms. The van der Waals surface area contributed by atoms with E-state index in [0.717, 1.165) is 12.0 Å². The minimum Gasteiger partial charge on any atom is -0.302 e. The molecule has 0 bridgehead atoms. The maximum Gasteiger partial charge on any atom is 0.0191 e. The van der Waals surface area contributed by atoms with Gasteiger partial charge in [0.1, 0.15) is 0 Å². The number of thioether (sulfide) groups is 1. The van der Waals surface area contributed by atoms with Gasteiger partial charge >= 0.3 is 0 Å². The fourth-order valence-electron chi connectivity index (χ4n) is 2.62. The summed E-state index contributed by atoms with van der Waals surface area (Å²) in [5.41, 5.74) is 0. The van der Waals surface area contributed by atoms with Gasteiger partial charge in [-0.15, -0.1) is 0 Å². The molecule has 0 aromatic carbocycles. The van der Waals surface area contributed by atoms with Crippen molar-refractivity contribution in [1.82, 2.24) is 4.90 Å². The van der Waals surface area contributed by atoms with Crippen LogP contribution in [-0.4, -0.2) is 36.0 Å². The van der Waals surface area contributed by atoms with E-state index >= 15 is 0 Å². The number of hydrogen-bond donors (Lipinski definition) is 0. The molecule has 1 nitrogen and oxygen atoms in total. The van der Waals surface area contributed by atoms with Crippen LogP contribution in [0.3, 0.4) is 0 Å². The monoisotopic (exact) mass is 199 g/mol. The molecule has 2 aliphatic rings. The molecular weight excluding hydrogens is 178 g/mol. The molecule has 0 aromatic rings. The Morgan fingerprint density at radius 2 is 2.00 bits per heavy atom. The number of rotatable bonds is 3. The lowest BCUT2D eigenvalue weighted by molar-refractivity contribution is 0.223. The lowest BCUT2D eigenvalue weighted by atomic mass is 10.1. The molecule has 1 aliphatic heterocycles. The molecule has 0 spiro atoms. The molecule has 0 aromatic heterocycles. The van der Waals surface area contributed by atoms with Crippen LogP contribution < -0.4 is 0 Å². The fraction of sp³-hybridized carbons (Fsp3) is 1.00. The third-order valence-electron chi connectivity index (χ3n) is 3.55. The zero-order valence-electron chi connectivity index (χ0n) is 8.67. The second-order valence-corrected chi connectivity index (χ2v) is 5.76. The van der Waals surface area contributed by atoms with Crippen LogP contribution in [0, 0.1) is 5.92 Å². The van der Waals surface area contributed by atoms with E-state index in [2.05, 4.69) is 23.7 Å². The zero-order valence-corrected chi connectivity index (χ0v) is 9.48. The van der Waals surface area contributed by atoms with Crippen molar-refractivity contribution in [3.63, 3.8) is 0 Å². The fourth-order valence-corrected chi connectivity index (χ4v) is 3.92. The maximum absolute atomic E-state index is 2.62. The molecule has 1 saturated carbocycles. The van der Waals surface area contributed by atoms with Crippen LogP contribution in [0.15, 0.2) is 0 Å². The normalized spacial score (nSPS) is 30.5. The smallest absolute Gasteiger partial charge is 0.0191 e. The van der Waals surface area contributed by atoms with Crippen molar-refractivity contribution >= 4 is 11.8 Å². The van der Waals surface area contributed by atoms with E-state index in [1.54, 1.807) is 0 Å². The molecule has 0 N–H and O–H groups in total. The molecule has 2 heteroatoms. The topological polar surface area (TPSA) is 3.24 Å². The van der Waals surface area contributed by atoms with Crippen molar-refractivity contribution in [3.05, 3.63) is 0 Å². The molecular formula is C11H21NS. The standard InChI is InChI=1S/C11H21NS/c1-12(11-6-7-13-9-11)8-10-4-2-3-5-10/h10-11H,2-9H2,1H3. The van der Waals surface area contributed by atoms with E-state index in [9.17, 15) is 0 Å². The van der Waals surface area contributed by atoms with E-state index in [0.29, 0.717) is 0 Å². The Bertz CT molecular complexity index is 148. The van der Waals surface area contributed by atoms with Crippen molar-refractivity contribution in [2.75, 3.05) is 25.1 Å². The van der Waals surface area contributed by atoms with E-state index in [1.165, 1.54) is 50.2 Å². The van der Waals surface area contributed by atoms with Gasteiger partial charge in [0.25, 0.3) is 0 Å². The van der Waals surface area contributed by atoms with Gasteiger partial charge in [-0.2, -0.15) is 11.8 Å². The Morgan fingerprint density at radius 3 is 2.62 bits per heavy atom. The van der Waals surface area contributed by atoms with Crippen molar-refractivity contribution < 1.29 is 0 Å². The highest BCUT2D eigenvalue weighted by Crippen LogP contribution is 2.28. The molecule has 1 aliphatic carbocycles. The largest absolute Gasteiger partial charge is 0.302 e. The first-order valence-electron chi connectivity index (χ1n) is 5.64. The highest BCUT2D eigenvalue weighted by Gasteiger charge is 2.23. The molecule has 2 fully saturated rings. The van der Waals surface area contributed by atoms with Crippen LogP contribution in [0.5, 0.6) is 0 Å². The Balaban J connectivity index is 1.73. The molecule has 1 heterocycles. The summed E-state index contributed by atoms with van der Waals surface area (Å²) in [5.74, 6) is 3.79. The molecule has 1 saturated heterocycles. The Hall–Kier alpha value is 0.310. The maximum atomic E-state index is 2.62. The summed E-state index contributed by atoms with van der Waals surface area (Å²) in [6.45, 7) is 1.37.